The summed E-state index contributed by atoms with van der Waals surface area (Å²) in [5, 5.41) is 6.93. The van der Waals surface area contributed by atoms with Gasteiger partial charge in [-0.2, -0.15) is 0 Å². The van der Waals surface area contributed by atoms with Gasteiger partial charge in [-0.15, -0.1) is 11.8 Å². The lowest BCUT2D eigenvalue weighted by atomic mass is 10.1. The Morgan fingerprint density at radius 2 is 1.58 bits per heavy atom. The number of nitrogens with one attached hydrogen (secondary N) is 1. The molecule has 6 heteroatoms. The van der Waals surface area contributed by atoms with Crippen molar-refractivity contribution in [2.24, 2.45) is 0 Å². The van der Waals surface area contributed by atoms with Crippen molar-refractivity contribution in [2.45, 2.75) is 37.3 Å². The third kappa shape index (κ3) is 6.81. The van der Waals surface area contributed by atoms with Crippen LogP contribution in [-0.4, -0.2) is 11.1 Å². The predicted octanol–water partition coefficient (Wildman–Crippen LogP) is 5.92. The lowest BCUT2D eigenvalue weighted by molar-refractivity contribution is 0.0948. The van der Waals surface area contributed by atoms with E-state index in [-0.39, 0.29) is 5.91 Å². The van der Waals surface area contributed by atoms with Crippen molar-refractivity contribution in [2.75, 3.05) is 0 Å². The van der Waals surface area contributed by atoms with Gasteiger partial charge in [-0.05, 0) is 35.7 Å². The largest absolute Gasteiger partial charge is 0.372 e. The number of hydrogen-bond donors (Lipinski definition) is 1. The first-order valence-electron chi connectivity index (χ1n) is 10.8. The molecule has 1 N–H and O–H groups in total. The van der Waals surface area contributed by atoms with Crippen molar-refractivity contribution >= 4 is 17.7 Å². The maximum atomic E-state index is 12.8. The molecule has 4 rings (SSSR count). The normalized spacial score (nSPS) is 10.8. The van der Waals surface area contributed by atoms with E-state index in [9.17, 15) is 4.79 Å². The maximum Gasteiger partial charge on any atom is 0.252 e. The molecule has 0 aliphatic rings. The number of amides is 1. The fourth-order valence-corrected chi connectivity index (χ4v) is 4.23. The molecule has 33 heavy (non-hydrogen) atoms. The van der Waals surface area contributed by atoms with Crippen molar-refractivity contribution in [3.63, 3.8) is 0 Å². The van der Waals surface area contributed by atoms with Crippen molar-refractivity contribution in [3.05, 3.63) is 119 Å². The molecule has 0 saturated carbocycles. The third-order valence-corrected chi connectivity index (χ3v) is 6.13. The van der Waals surface area contributed by atoms with E-state index >= 15 is 0 Å². The highest BCUT2D eigenvalue weighted by Gasteiger charge is 2.12. The minimum atomic E-state index is -0.0953. The van der Waals surface area contributed by atoms with Crippen LogP contribution >= 0.6 is 11.8 Å². The molecule has 1 aromatic heterocycles. The predicted molar refractivity (Wildman–Crippen MR) is 130 cm³/mol. The van der Waals surface area contributed by atoms with E-state index < -0.39 is 0 Å². The lowest BCUT2D eigenvalue weighted by Crippen LogP contribution is -2.23. The van der Waals surface area contributed by atoms with E-state index in [1.54, 1.807) is 11.8 Å². The Morgan fingerprint density at radius 1 is 0.909 bits per heavy atom. The summed E-state index contributed by atoms with van der Waals surface area (Å²) in [6, 6.07) is 27.8. The van der Waals surface area contributed by atoms with Gasteiger partial charge in [-0.1, -0.05) is 71.9 Å². The van der Waals surface area contributed by atoms with Gasteiger partial charge in [0.2, 0.25) is 0 Å². The average Bonchev–Trinajstić information content (AvgIpc) is 3.28. The lowest BCUT2D eigenvalue weighted by Gasteiger charge is -2.10. The molecule has 1 heterocycles. The summed E-state index contributed by atoms with van der Waals surface area (Å²) >= 11 is 1.56. The molecule has 1 amide bonds. The van der Waals surface area contributed by atoms with Crippen LogP contribution in [0.3, 0.4) is 0 Å². The van der Waals surface area contributed by atoms with E-state index in [2.05, 4.69) is 22.6 Å². The van der Waals surface area contributed by atoms with Crippen LogP contribution in [-0.2, 0) is 30.2 Å². The van der Waals surface area contributed by atoms with Crippen LogP contribution in [0.25, 0.3) is 0 Å². The Hall–Kier alpha value is -3.35. The van der Waals surface area contributed by atoms with Crippen LogP contribution in [0.2, 0.25) is 0 Å². The van der Waals surface area contributed by atoms with Crippen molar-refractivity contribution < 1.29 is 14.1 Å². The van der Waals surface area contributed by atoms with Gasteiger partial charge in [0.15, 0.2) is 0 Å². The molecule has 4 aromatic rings. The number of aryl methyl sites for hydroxylation is 1. The van der Waals surface area contributed by atoms with Crippen LogP contribution in [0.4, 0.5) is 0 Å². The fraction of sp³-hybridized carbons (Fsp3) is 0.185. The topological polar surface area (TPSA) is 64.4 Å². The van der Waals surface area contributed by atoms with Crippen LogP contribution in [0, 0.1) is 6.92 Å². The number of nitrogens with zero attached hydrogens (tertiary/aromatic N) is 1. The minimum Gasteiger partial charge on any atom is -0.372 e. The average molecular weight is 459 g/mol. The van der Waals surface area contributed by atoms with Crippen LogP contribution in [0.15, 0.2) is 94.3 Å². The fourth-order valence-electron chi connectivity index (χ4n) is 3.31. The second-order valence-electron chi connectivity index (χ2n) is 7.70. The van der Waals surface area contributed by atoms with Gasteiger partial charge >= 0.3 is 0 Å². The summed E-state index contributed by atoms with van der Waals surface area (Å²) < 4.78 is 11.1. The van der Waals surface area contributed by atoms with Gasteiger partial charge in [0, 0.05) is 17.5 Å². The maximum absolute atomic E-state index is 12.8. The minimum absolute atomic E-state index is 0.0953. The quantitative estimate of drug-likeness (QED) is 0.299. The van der Waals surface area contributed by atoms with Gasteiger partial charge in [0.05, 0.1) is 30.2 Å². The molecule has 5 nitrogen and oxygen atoms in total. The molecule has 0 aliphatic carbocycles. The summed E-state index contributed by atoms with van der Waals surface area (Å²) in [6.45, 7) is 3.50. The van der Waals surface area contributed by atoms with Crippen LogP contribution in [0.5, 0.6) is 0 Å². The van der Waals surface area contributed by atoms with E-state index in [4.69, 9.17) is 9.26 Å². The number of hydrogen-bond acceptors (Lipinski definition) is 5. The molecular weight excluding hydrogens is 432 g/mol. The van der Waals surface area contributed by atoms with Gasteiger partial charge in [0.25, 0.3) is 5.91 Å². The highest BCUT2D eigenvalue weighted by atomic mass is 32.2. The second kappa shape index (κ2) is 11.5. The molecular formula is C27H26N2O3S. The standard InChI is InChI=1S/C27H26N2O3S/c1-20-15-24(32-29-20)19-33-26-10-6-5-9-25(26)27(30)28-16-21-11-13-23(14-12-21)18-31-17-22-7-3-2-4-8-22/h2-15H,16-19H2,1H3,(H,28,30). The molecule has 168 valence electrons. The SMILES string of the molecule is Cc1cc(CSc2ccccc2C(=O)NCc2ccc(COCc3ccccc3)cc2)on1. The zero-order chi connectivity index (χ0) is 22.9. The van der Waals surface area contributed by atoms with E-state index in [1.807, 2.05) is 79.7 Å². The first-order chi connectivity index (χ1) is 16.2. The Labute approximate surface area is 198 Å². The highest BCUT2D eigenvalue weighted by Crippen LogP contribution is 2.26. The Kier molecular flexibility index (Phi) is 7.95. The Morgan fingerprint density at radius 3 is 2.30 bits per heavy atom. The van der Waals surface area contributed by atoms with Gasteiger partial charge in [-0.25, -0.2) is 0 Å². The molecule has 0 spiro atoms. The van der Waals surface area contributed by atoms with Crippen molar-refractivity contribution in [3.8, 4) is 0 Å². The van der Waals surface area contributed by atoms with Gasteiger partial charge < -0.3 is 14.6 Å². The van der Waals surface area contributed by atoms with Gasteiger partial charge in [-0.3, -0.25) is 4.79 Å². The number of thioether (sulfide) groups is 1. The molecule has 0 atom stereocenters. The second-order valence-corrected chi connectivity index (χ2v) is 8.71. The highest BCUT2D eigenvalue weighted by molar-refractivity contribution is 7.98. The van der Waals surface area contributed by atoms with E-state index in [1.165, 1.54) is 0 Å². The number of carbonyl (C=O) groups excluding carboxylic acids is 1. The van der Waals surface area contributed by atoms with Crippen LogP contribution < -0.4 is 5.32 Å². The summed E-state index contributed by atoms with van der Waals surface area (Å²) in [5.41, 5.74) is 4.81. The number of ether oxygens (including phenoxy) is 1. The van der Waals surface area contributed by atoms with E-state index in [0.29, 0.717) is 31.1 Å². The molecule has 0 fully saturated rings. The Balaban J connectivity index is 1.27. The number of benzene rings is 3. The third-order valence-electron chi connectivity index (χ3n) is 5.03. The first kappa shape index (κ1) is 22.8. The Bertz CT molecular complexity index is 1170. The smallest absolute Gasteiger partial charge is 0.252 e. The molecule has 0 bridgehead atoms. The molecule has 3 aromatic carbocycles. The first-order valence-corrected chi connectivity index (χ1v) is 11.8. The number of rotatable bonds is 10. The van der Waals surface area contributed by atoms with Gasteiger partial charge in [0.1, 0.15) is 5.76 Å². The summed E-state index contributed by atoms with van der Waals surface area (Å²) in [6.07, 6.45) is 0. The monoisotopic (exact) mass is 458 g/mol. The zero-order valence-electron chi connectivity index (χ0n) is 18.5. The summed E-state index contributed by atoms with van der Waals surface area (Å²) in [5.74, 6) is 1.32. The molecule has 0 saturated heterocycles. The summed E-state index contributed by atoms with van der Waals surface area (Å²) in [7, 11) is 0. The molecule has 0 radical (unpaired) electrons. The molecule has 0 unspecified atom stereocenters. The number of carbonyl (C=O) groups is 1. The van der Waals surface area contributed by atoms with Crippen molar-refractivity contribution in [1.82, 2.24) is 10.5 Å². The van der Waals surface area contributed by atoms with Crippen LogP contribution in [0.1, 0.15) is 38.5 Å². The molecule has 0 aliphatic heterocycles. The zero-order valence-corrected chi connectivity index (χ0v) is 19.3. The van der Waals surface area contributed by atoms with Crippen molar-refractivity contribution in [1.29, 1.82) is 0 Å². The summed E-state index contributed by atoms with van der Waals surface area (Å²) in [4.78, 5) is 13.7. The number of aromatic nitrogens is 1. The van der Waals surface area contributed by atoms with E-state index in [0.717, 1.165) is 33.0 Å².